The summed E-state index contributed by atoms with van der Waals surface area (Å²) < 4.78 is 26.8. The van der Waals surface area contributed by atoms with Crippen LogP contribution in [-0.4, -0.2) is 59.5 Å². The molecule has 0 aromatic carbocycles. The lowest BCUT2D eigenvalue weighted by molar-refractivity contribution is 0.164. The van der Waals surface area contributed by atoms with Gasteiger partial charge in [-0.1, -0.05) is 0 Å². The first-order valence-corrected chi connectivity index (χ1v) is 10.3. The van der Waals surface area contributed by atoms with Gasteiger partial charge in [0, 0.05) is 37.7 Å². The van der Waals surface area contributed by atoms with E-state index in [1.54, 1.807) is 46.4 Å². The van der Waals surface area contributed by atoms with Crippen LogP contribution in [0, 0.1) is 0 Å². The molecule has 2 aromatic heterocycles. The first-order chi connectivity index (χ1) is 12.4. The summed E-state index contributed by atoms with van der Waals surface area (Å²) in [5.41, 5.74) is 0.543. The van der Waals surface area contributed by atoms with Crippen molar-refractivity contribution < 1.29 is 13.2 Å². The maximum Gasteiger partial charge on any atom is 0.322 e. The Bertz CT molecular complexity index is 853. The molecule has 1 aliphatic heterocycles. The highest BCUT2D eigenvalue weighted by Gasteiger charge is 2.28. The zero-order valence-corrected chi connectivity index (χ0v) is 15.3. The third kappa shape index (κ3) is 4.58. The fourth-order valence-corrected chi connectivity index (χ4v) is 3.48. The third-order valence-corrected chi connectivity index (χ3v) is 4.91. The zero-order chi connectivity index (χ0) is 18.6. The van der Waals surface area contributed by atoms with Gasteiger partial charge in [-0.25, -0.2) is 27.6 Å². The van der Waals surface area contributed by atoms with Crippen molar-refractivity contribution in [1.82, 2.24) is 24.4 Å². The van der Waals surface area contributed by atoms with Crippen molar-refractivity contribution in [1.29, 1.82) is 0 Å². The highest BCUT2D eigenvalue weighted by Crippen LogP contribution is 2.21. The van der Waals surface area contributed by atoms with Gasteiger partial charge in [0.2, 0.25) is 10.0 Å². The molecule has 26 heavy (non-hydrogen) atoms. The number of hydrogen-bond donors (Lipinski definition) is 2. The second-order valence-electron chi connectivity index (χ2n) is 6.22. The standard InChI is InChI=1S/C16H22N6O3S/c1-26(24,25)19-12-13-6-2-3-10-21(13)16(23)20-14-7-4-8-17-15(14)22-11-5-9-18-22/h4-5,7-9,11,13,19H,2-3,6,10,12H2,1H3,(H,20,23)/t13-/m1/s1. The molecule has 9 nitrogen and oxygen atoms in total. The predicted molar refractivity (Wildman–Crippen MR) is 97.6 cm³/mol. The van der Waals surface area contributed by atoms with E-state index in [9.17, 15) is 13.2 Å². The van der Waals surface area contributed by atoms with E-state index in [0.29, 0.717) is 18.1 Å². The molecule has 2 aromatic rings. The molecule has 2 N–H and O–H groups in total. The fourth-order valence-electron chi connectivity index (χ4n) is 2.99. The van der Waals surface area contributed by atoms with Gasteiger partial charge in [-0.05, 0) is 37.5 Å². The van der Waals surface area contributed by atoms with E-state index in [1.165, 1.54) is 0 Å². The van der Waals surface area contributed by atoms with Crippen molar-refractivity contribution >= 4 is 21.7 Å². The third-order valence-electron chi connectivity index (χ3n) is 4.22. The van der Waals surface area contributed by atoms with Gasteiger partial charge in [-0.2, -0.15) is 5.10 Å². The molecular weight excluding hydrogens is 356 g/mol. The maximum absolute atomic E-state index is 12.8. The number of amides is 2. The van der Waals surface area contributed by atoms with Crippen LogP contribution in [-0.2, 0) is 10.0 Å². The van der Waals surface area contributed by atoms with Crippen molar-refractivity contribution in [3.63, 3.8) is 0 Å². The predicted octanol–water partition coefficient (Wildman–Crippen LogP) is 1.20. The van der Waals surface area contributed by atoms with Crippen LogP contribution in [0.3, 0.4) is 0 Å². The highest BCUT2D eigenvalue weighted by atomic mass is 32.2. The summed E-state index contributed by atoms with van der Waals surface area (Å²) in [6, 6.07) is 4.82. The maximum atomic E-state index is 12.8. The van der Waals surface area contributed by atoms with Crippen molar-refractivity contribution in [2.24, 2.45) is 0 Å². The van der Waals surface area contributed by atoms with Crippen molar-refractivity contribution in [3.05, 3.63) is 36.8 Å². The number of nitrogens with zero attached hydrogens (tertiary/aromatic N) is 4. The number of sulfonamides is 1. The number of likely N-dealkylation sites (tertiary alicyclic amines) is 1. The van der Waals surface area contributed by atoms with Crippen molar-refractivity contribution in [3.8, 4) is 5.82 Å². The van der Waals surface area contributed by atoms with Crippen LogP contribution >= 0.6 is 0 Å². The molecule has 3 rings (SSSR count). The Labute approximate surface area is 152 Å². The normalized spacial score (nSPS) is 17.9. The SMILES string of the molecule is CS(=O)(=O)NC[C@H]1CCCCN1C(=O)Nc1cccnc1-n1cccn1. The number of rotatable bonds is 5. The Balaban J connectivity index is 1.74. The number of urea groups is 1. The lowest BCUT2D eigenvalue weighted by Gasteiger charge is -2.35. The Hall–Kier alpha value is -2.46. The van der Waals surface area contributed by atoms with E-state index in [0.717, 1.165) is 25.5 Å². The molecule has 10 heteroatoms. The molecule has 0 radical (unpaired) electrons. The topological polar surface area (TPSA) is 109 Å². The second-order valence-corrected chi connectivity index (χ2v) is 8.05. The lowest BCUT2D eigenvalue weighted by Crippen LogP contribution is -2.50. The lowest BCUT2D eigenvalue weighted by atomic mass is 10.0. The van der Waals surface area contributed by atoms with Crippen LogP contribution < -0.4 is 10.0 Å². The van der Waals surface area contributed by atoms with Crippen LogP contribution in [0.15, 0.2) is 36.8 Å². The number of aromatic nitrogens is 3. The summed E-state index contributed by atoms with van der Waals surface area (Å²) >= 11 is 0. The molecule has 1 atom stereocenters. The molecule has 0 bridgehead atoms. The average molecular weight is 378 g/mol. The van der Waals surface area contributed by atoms with Crippen LogP contribution in [0.2, 0.25) is 0 Å². The Morgan fingerprint density at radius 3 is 2.88 bits per heavy atom. The van der Waals surface area contributed by atoms with E-state index in [2.05, 4.69) is 20.1 Å². The molecular formula is C16H22N6O3S. The van der Waals surface area contributed by atoms with Gasteiger partial charge in [0.25, 0.3) is 0 Å². The highest BCUT2D eigenvalue weighted by molar-refractivity contribution is 7.88. The second kappa shape index (κ2) is 7.83. The van der Waals surface area contributed by atoms with Crippen molar-refractivity contribution in [2.75, 3.05) is 24.7 Å². The minimum Gasteiger partial charge on any atom is -0.320 e. The molecule has 0 aliphatic carbocycles. The first kappa shape index (κ1) is 18.3. The molecule has 2 amide bonds. The molecule has 1 saturated heterocycles. The fraction of sp³-hybridized carbons (Fsp3) is 0.438. The zero-order valence-electron chi connectivity index (χ0n) is 14.5. The summed E-state index contributed by atoms with van der Waals surface area (Å²) in [5.74, 6) is 0.522. The molecule has 0 saturated carbocycles. The number of carbonyl (C=O) groups excluding carboxylic acids is 1. The minimum atomic E-state index is -3.30. The molecule has 140 valence electrons. The molecule has 1 fully saturated rings. The Morgan fingerprint density at radius 1 is 1.31 bits per heavy atom. The number of piperidine rings is 1. The number of carbonyl (C=O) groups is 1. The van der Waals surface area contributed by atoms with Crippen LogP contribution in [0.25, 0.3) is 5.82 Å². The van der Waals surface area contributed by atoms with Gasteiger partial charge in [0.05, 0.1) is 11.9 Å². The van der Waals surface area contributed by atoms with E-state index in [-0.39, 0.29) is 18.6 Å². The average Bonchev–Trinajstić information content (AvgIpc) is 3.14. The van der Waals surface area contributed by atoms with Gasteiger partial charge in [0.15, 0.2) is 5.82 Å². The minimum absolute atomic E-state index is 0.178. The van der Waals surface area contributed by atoms with Gasteiger partial charge >= 0.3 is 6.03 Å². The Kier molecular flexibility index (Phi) is 5.52. The van der Waals surface area contributed by atoms with Gasteiger partial charge in [-0.15, -0.1) is 0 Å². The van der Waals surface area contributed by atoms with Gasteiger partial charge in [-0.3, -0.25) is 0 Å². The number of hydrogen-bond acceptors (Lipinski definition) is 5. The largest absolute Gasteiger partial charge is 0.322 e. The number of anilines is 1. The van der Waals surface area contributed by atoms with E-state index < -0.39 is 10.0 Å². The molecule has 0 spiro atoms. The van der Waals surface area contributed by atoms with E-state index >= 15 is 0 Å². The first-order valence-electron chi connectivity index (χ1n) is 8.41. The summed E-state index contributed by atoms with van der Waals surface area (Å²) in [6.07, 6.45) is 8.75. The number of nitrogens with one attached hydrogen (secondary N) is 2. The molecule has 0 unspecified atom stereocenters. The molecule has 3 heterocycles. The smallest absolute Gasteiger partial charge is 0.320 e. The quantitative estimate of drug-likeness (QED) is 0.813. The van der Waals surface area contributed by atoms with E-state index in [1.807, 2.05) is 0 Å². The van der Waals surface area contributed by atoms with Crippen LogP contribution in [0.5, 0.6) is 0 Å². The Morgan fingerprint density at radius 2 is 2.15 bits per heavy atom. The molecule has 1 aliphatic rings. The summed E-state index contributed by atoms with van der Waals surface area (Å²) in [7, 11) is -3.30. The summed E-state index contributed by atoms with van der Waals surface area (Å²) in [6.45, 7) is 0.796. The summed E-state index contributed by atoms with van der Waals surface area (Å²) in [4.78, 5) is 18.8. The van der Waals surface area contributed by atoms with Crippen LogP contribution in [0.4, 0.5) is 10.5 Å². The number of pyridine rings is 1. The monoisotopic (exact) mass is 378 g/mol. The van der Waals surface area contributed by atoms with Gasteiger partial charge in [0.1, 0.15) is 0 Å². The van der Waals surface area contributed by atoms with Gasteiger partial charge < -0.3 is 10.2 Å². The van der Waals surface area contributed by atoms with Crippen molar-refractivity contribution in [2.45, 2.75) is 25.3 Å². The van der Waals surface area contributed by atoms with Crippen LogP contribution in [0.1, 0.15) is 19.3 Å². The van der Waals surface area contributed by atoms with E-state index in [4.69, 9.17) is 0 Å². The summed E-state index contributed by atoms with van der Waals surface area (Å²) in [5, 5.41) is 7.03.